The van der Waals surface area contributed by atoms with Gasteiger partial charge in [0.2, 0.25) is 0 Å². The zero-order valence-electron chi connectivity index (χ0n) is 12.1. The molecule has 5 nitrogen and oxygen atoms in total. The quantitative estimate of drug-likeness (QED) is 0.803. The van der Waals surface area contributed by atoms with Crippen LogP contribution in [0.1, 0.15) is 33.5 Å². The summed E-state index contributed by atoms with van der Waals surface area (Å²) in [5.74, 6) is 0.301. The van der Waals surface area contributed by atoms with E-state index in [0.717, 1.165) is 11.3 Å². The van der Waals surface area contributed by atoms with Crippen LogP contribution in [0, 0.1) is 6.92 Å². The third kappa shape index (κ3) is 3.03. The molecule has 1 unspecified atom stereocenters. The second kappa shape index (κ2) is 6.22. The van der Waals surface area contributed by atoms with Crippen LogP contribution in [0.25, 0.3) is 0 Å². The van der Waals surface area contributed by atoms with Gasteiger partial charge in [-0.1, -0.05) is 41.6 Å². The van der Waals surface area contributed by atoms with Crippen LogP contribution in [0.4, 0.5) is 0 Å². The number of benzene rings is 1. The number of hydrogen-bond acceptors (Lipinski definition) is 4. The van der Waals surface area contributed by atoms with E-state index in [2.05, 4.69) is 15.5 Å². The Bertz CT molecular complexity index is 714. The molecule has 2 heterocycles. The number of aromatic nitrogens is 2. The number of amides is 1. The molecule has 0 saturated carbocycles. The van der Waals surface area contributed by atoms with Crippen molar-refractivity contribution in [1.29, 1.82) is 0 Å². The van der Waals surface area contributed by atoms with Crippen LogP contribution in [-0.4, -0.2) is 16.0 Å². The highest BCUT2D eigenvalue weighted by Crippen LogP contribution is 2.20. The summed E-state index contributed by atoms with van der Waals surface area (Å²) in [5, 5.41) is 6.70. The molecule has 0 saturated heterocycles. The number of pyridine rings is 1. The summed E-state index contributed by atoms with van der Waals surface area (Å²) in [6.45, 7) is 1.75. The zero-order chi connectivity index (χ0) is 15.4. The second-order valence-electron chi connectivity index (χ2n) is 4.89. The van der Waals surface area contributed by atoms with E-state index in [-0.39, 0.29) is 17.6 Å². The van der Waals surface area contributed by atoms with Crippen LogP contribution in [0.5, 0.6) is 0 Å². The highest BCUT2D eigenvalue weighted by Gasteiger charge is 2.20. The number of rotatable bonds is 4. The van der Waals surface area contributed by atoms with Crippen molar-refractivity contribution in [3.63, 3.8) is 0 Å². The number of nitrogens with one attached hydrogen (secondary N) is 1. The summed E-state index contributed by atoms with van der Waals surface area (Å²) in [6.07, 6.45) is 1.71. The summed E-state index contributed by atoms with van der Waals surface area (Å²) < 4.78 is 4.95. The van der Waals surface area contributed by atoms with Gasteiger partial charge in [0.05, 0.1) is 11.7 Å². The molecule has 1 atom stereocenters. The average Bonchev–Trinajstić information content (AvgIpc) is 3.01. The average molecular weight is 293 g/mol. The molecular formula is C17H15N3O2. The molecule has 0 aliphatic heterocycles. The van der Waals surface area contributed by atoms with E-state index in [1.807, 2.05) is 48.5 Å². The standard InChI is InChI=1S/C17H15N3O2/c1-12-11-15(20-22-12)17(21)19-16(13-7-3-2-4-8-13)14-9-5-6-10-18-14/h2-11,16H,1H3,(H,19,21). The Kier molecular flexibility index (Phi) is 3.96. The number of carbonyl (C=O) groups is 1. The maximum atomic E-state index is 12.4. The van der Waals surface area contributed by atoms with Crippen molar-refractivity contribution in [3.05, 3.63) is 83.5 Å². The van der Waals surface area contributed by atoms with Crippen LogP contribution in [0.2, 0.25) is 0 Å². The normalized spacial score (nSPS) is 11.9. The van der Waals surface area contributed by atoms with Gasteiger partial charge in [0.1, 0.15) is 5.76 Å². The van der Waals surface area contributed by atoms with Crippen molar-refractivity contribution in [3.8, 4) is 0 Å². The van der Waals surface area contributed by atoms with Gasteiger partial charge >= 0.3 is 0 Å². The van der Waals surface area contributed by atoms with Crippen molar-refractivity contribution < 1.29 is 9.32 Å². The van der Waals surface area contributed by atoms with Crippen molar-refractivity contribution >= 4 is 5.91 Å². The predicted molar refractivity (Wildman–Crippen MR) is 81.2 cm³/mol. The van der Waals surface area contributed by atoms with E-state index in [9.17, 15) is 4.79 Å². The summed E-state index contributed by atoms with van der Waals surface area (Å²) >= 11 is 0. The summed E-state index contributed by atoms with van der Waals surface area (Å²) in [7, 11) is 0. The van der Waals surface area contributed by atoms with Crippen LogP contribution < -0.4 is 5.32 Å². The minimum Gasteiger partial charge on any atom is -0.361 e. The van der Waals surface area contributed by atoms with E-state index >= 15 is 0 Å². The molecule has 110 valence electrons. The first-order valence-corrected chi connectivity index (χ1v) is 6.94. The minimum absolute atomic E-state index is 0.259. The van der Waals surface area contributed by atoms with Gasteiger partial charge in [-0.3, -0.25) is 9.78 Å². The maximum Gasteiger partial charge on any atom is 0.274 e. The van der Waals surface area contributed by atoms with E-state index in [1.54, 1.807) is 19.2 Å². The molecule has 3 aromatic rings. The SMILES string of the molecule is Cc1cc(C(=O)NC(c2ccccc2)c2ccccn2)no1. The number of hydrogen-bond donors (Lipinski definition) is 1. The Hall–Kier alpha value is -2.95. The van der Waals surface area contributed by atoms with E-state index in [1.165, 1.54) is 0 Å². The molecule has 0 aliphatic carbocycles. The highest BCUT2D eigenvalue weighted by molar-refractivity contribution is 5.92. The summed E-state index contributed by atoms with van der Waals surface area (Å²) in [5.41, 5.74) is 1.98. The highest BCUT2D eigenvalue weighted by atomic mass is 16.5. The smallest absolute Gasteiger partial charge is 0.274 e. The molecule has 2 aromatic heterocycles. The van der Waals surface area contributed by atoms with Gasteiger partial charge in [-0.25, -0.2) is 0 Å². The first-order chi connectivity index (χ1) is 10.7. The molecule has 0 bridgehead atoms. The second-order valence-corrected chi connectivity index (χ2v) is 4.89. The zero-order valence-corrected chi connectivity index (χ0v) is 12.1. The summed E-state index contributed by atoms with van der Waals surface area (Å²) in [6, 6.07) is 16.6. The van der Waals surface area contributed by atoms with Gasteiger partial charge < -0.3 is 9.84 Å². The summed E-state index contributed by atoms with van der Waals surface area (Å²) in [4.78, 5) is 16.7. The van der Waals surface area contributed by atoms with Gasteiger partial charge in [-0.15, -0.1) is 0 Å². The molecular weight excluding hydrogens is 278 g/mol. The van der Waals surface area contributed by atoms with Crippen molar-refractivity contribution in [2.45, 2.75) is 13.0 Å². The van der Waals surface area contributed by atoms with Gasteiger partial charge in [-0.2, -0.15) is 0 Å². The first kappa shape index (κ1) is 14.0. The molecule has 1 N–H and O–H groups in total. The lowest BCUT2D eigenvalue weighted by Crippen LogP contribution is -2.30. The number of nitrogens with zero attached hydrogens (tertiary/aromatic N) is 2. The maximum absolute atomic E-state index is 12.4. The third-order valence-electron chi connectivity index (χ3n) is 3.25. The van der Waals surface area contributed by atoms with Crippen molar-refractivity contribution in [2.24, 2.45) is 0 Å². The van der Waals surface area contributed by atoms with Crippen LogP contribution in [0.3, 0.4) is 0 Å². The van der Waals surface area contributed by atoms with E-state index in [0.29, 0.717) is 5.76 Å². The lowest BCUT2D eigenvalue weighted by molar-refractivity contribution is 0.0933. The topological polar surface area (TPSA) is 68.0 Å². The Morgan fingerprint density at radius 1 is 1.14 bits per heavy atom. The van der Waals surface area contributed by atoms with Crippen LogP contribution in [-0.2, 0) is 0 Å². The molecule has 1 aromatic carbocycles. The molecule has 0 spiro atoms. The van der Waals surface area contributed by atoms with Gasteiger partial charge in [0, 0.05) is 12.3 Å². The molecule has 22 heavy (non-hydrogen) atoms. The molecule has 0 radical (unpaired) electrons. The number of aryl methyl sites for hydroxylation is 1. The van der Waals surface area contributed by atoms with Crippen molar-refractivity contribution in [1.82, 2.24) is 15.5 Å². The fraction of sp³-hybridized carbons (Fsp3) is 0.118. The fourth-order valence-electron chi connectivity index (χ4n) is 2.20. The molecule has 5 heteroatoms. The monoisotopic (exact) mass is 293 g/mol. The Balaban J connectivity index is 1.91. The van der Waals surface area contributed by atoms with Gasteiger partial charge in [0.15, 0.2) is 5.69 Å². The lowest BCUT2D eigenvalue weighted by Gasteiger charge is -2.18. The Morgan fingerprint density at radius 3 is 2.55 bits per heavy atom. The Labute approximate surface area is 128 Å². The first-order valence-electron chi connectivity index (χ1n) is 6.94. The van der Waals surface area contributed by atoms with Gasteiger partial charge in [0.25, 0.3) is 5.91 Å². The Morgan fingerprint density at radius 2 is 1.91 bits per heavy atom. The van der Waals surface area contributed by atoms with Crippen LogP contribution in [0.15, 0.2) is 65.3 Å². The number of carbonyl (C=O) groups excluding carboxylic acids is 1. The predicted octanol–water partition coefficient (Wildman–Crippen LogP) is 2.90. The van der Waals surface area contributed by atoms with E-state index < -0.39 is 0 Å². The van der Waals surface area contributed by atoms with Gasteiger partial charge in [-0.05, 0) is 24.6 Å². The lowest BCUT2D eigenvalue weighted by atomic mass is 10.0. The fourth-order valence-corrected chi connectivity index (χ4v) is 2.20. The molecule has 0 fully saturated rings. The minimum atomic E-state index is -0.341. The van der Waals surface area contributed by atoms with Crippen LogP contribution >= 0.6 is 0 Å². The molecule has 3 rings (SSSR count). The third-order valence-corrected chi connectivity index (χ3v) is 3.25. The largest absolute Gasteiger partial charge is 0.361 e. The van der Waals surface area contributed by atoms with Crippen molar-refractivity contribution in [2.75, 3.05) is 0 Å². The van der Waals surface area contributed by atoms with E-state index in [4.69, 9.17) is 4.52 Å². The molecule has 0 aliphatic rings. The molecule has 1 amide bonds.